The Balaban J connectivity index is 1.82. The molecular weight excluding hydrogens is 280 g/mol. The van der Waals surface area contributed by atoms with Crippen LogP contribution in [-0.4, -0.2) is 26.3 Å². The summed E-state index contributed by atoms with van der Waals surface area (Å²) in [4.78, 5) is 0. The third kappa shape index (κ3) is 2.25. The standard InChI is InChI=1S/C16H12N4S/c1-3-7-12(8-4-1)14-11-21-16-18-17-15(20(16)19-14)13-9-5-2-6-10-13/h1-10H,11H2. The molecular formula is C16H12N4S. The molecule has 0 fully saturated rings. The van der Waals surface area contributed by atoms with Crippen LogP contribution in [0.4, 0.5) is 0 Å². The minimum absolute atomic E-state index is 0.784. The average Bonchev–Trinajstić information content (AvgIpc) is 2.99. The van der Waals surface area contributed by atoms with E-state index in [-0.39, 0.29) is 0 Å². The zero-order valence-electron chi connectivity index (χ0n) is 11.2. The molecule has 4 rings (SSSR count). The predicted octanol–water partition coefficient (Wildman–Crippen LogP) is 3.30. The molecule has 1 aromatic heterocycles. The van der Waals surface area contributed by atoms with Crippen LogP contribution in [0.3, 0.4) is 0 Å². The van der Waals surface area contributed by atoms with Crippen molar-refractivity contribution in [3.63, 3.8) is 0 Å². The molecule has 4 nitrogen and oxygen atoms in total. The number of thioether (sulfide) groups is 1. The molecule has 0 aliphatic carbocycles. The lowest BCUT2D eigenvalue weighted by Crippen LogP contribution is -2.13. The van der Waals surface area contributed by atoms with Crippen molar-refractivity contribution in [3.05, 3.63) is 66.2 Å². The number of nitrogens with zero attached hydrogens (tertiary/aromatic N) is 4. The van der Waals surface area contributed by atoms with Gasteiger partial charge in [0, 0.05) is 11.3 Å². The topological polar surface area (TPSA) is 43.1 Å². The van der Waals surface area contributed by atoms with Crippen molar-refractivity contribution in [1.82, 2.24) is 14.9 Å². The molecule has 0 spiro atoms. The second kappa shape index (κ2) is 5.18. The second-order valence-corrected chi connectivity index (χ2v) is 5.63. The summed E-state index contributed by atoms with van der Waals surface area (Å²) < 4.78 is 1.84. The fourth-order valence-electron chi connectivity index (χ4n) is 2.27. The van der Waals surface area contributed by atoms with Crippen LogP contribution in [0.1, 0.15) is 5.56 Å². The number of fused-ring (bicyclic) bond motifs is 1. The van der Waals surface area contributed by atoms with E-state index in [4.69, 9.17) is 5.10 Å². The quantitative estimate of drug-likeness (QED) is 0.728. The van der Waals surface area contributed by atoms with E-state index < -0.39 is 0 Å². The number of rotatable bonds is 2. The number of benzene rings is 2. The van der Waals surface area contributed by atoms with E-state index in [0.717, 1.165) is 33.6 Å². The van der Waals surface area contributed by atoms with Gasteiger partial charge in [-0.2, -0.15) is 9.78 Å². The summed E-state index contributed by atoms with van der Waals surface area (Å²) in [5.41, 5.74) is 3.21. The molecule has 0 saturated heterocycles. The normalized spacial score (nSPS) is 13.6. The average molecular weight is 292 g/mol. The van der Waals surface area contributed by atoms with Crippen LogP contribution in [0.15, 0.2) is 70.9 Å². The van der Waals surface area contributed by atoms with Gasteiger partial charge >= 0.3 is 0 Å². The molecule has 0 bridgehead atoms. The summed E-state index contributed by atoms with van der Waals surface area (Å²) in [7, 11) is 0. The van der Waals surface area contributed by atoms with Crippen molar-refractivity contribution in [2.45, 2.75) is 5.16 Å². The Morgan fingerprint density at radius 1 is 0.810 bits per heavy atom. The van der Waals surface area contributed by atoms with Gasteiger partial charge in [0.2, 0.25) is 5.16 Å². The van der Waals surface area contributed by atoms with E-state index in [1.54, 1.807) is 11.8 Å². The maximum absolute atomic E-state index is 4.74. The van der Waals surface area contributed by atoms with Crippen LogP contribution in [0.2, 0.25) is 0 Å². The molecule has 5 heteroatoms. The van der Waals surface area contributed by atoms with E-state index in [0.29, 0.717) is 0 Å². The van der Waals surface area contributed by atoms with Crippen LogP contribution in [0.5, 0.6) is 0 Å². The molecule has 2 aromatic carbocycles. The highest BCUT2D eigenvalue weighted by Gasteiger charge is 2.20. The van der Waals surface area contributed by atoms with Crippen molar-refractivity contribution in [1.29, 1.82) is 0 Å². The summed E-state index contributed by atoms with van der Waals surface area (Å²) >= 11 is 1.67. The third-order valence-corrected chi connectivity index (χ3v) is 4.24. The Morgan fingerprint density at radius 3 is 2.19 bits per heavy atom. The Hall–Kier alpha value is -2.40. The summed E-state index contributed by atoms with van der Waals surface area (Å²) in [5, 5.41) is 14.1. The van der Waals surface area contributed by atoms with Crippen molar-refractivity contribution in [3.8, 4) is 11.4 Å². The minimum atomic E-state index is 0.784. The van der Waals surface area contributed by atoms with Crippen LogP contribution < -0.4 is 0 Å². The van der Waals surface area contributed by atoms with E-state index in [9.17, 15) is 0 Å². The van der Waals surface area contributed by atoms with Crippen LogP contribution in [0, 0.1) is 0 Å². The van der Waals surface area contributed by atoms with E-state index >= 15 is 0 Å². The molecule has 0 unspecified atom stereocenters. The molecule has 0 atom stereocenters. The Morgan fingerprint density at radius 2 is 1.48 bits per heavy atom. The van der Waals surface area contributed by atoms with E-state index in [1.165, 1.54) is 0 Å². The highest BCUT2D eigenvalue weighted by atomic mass is 32.2. The molecule has 0 amide bonds. The number of hydrogen-bond acceptors (Lipinski definition) is 4. The lowest BCUT2D eigenvalue weighted by Gasteiger charge is -2.13. The first kappa shape index (κ1) is 12.3. The monoisotopic (exact) mass is 292 g/mol. The summed E-state index contributed by atoms with van der Waals surface area (Å²) in [6, 6.07) is 20.3. The first-order valence-corrected chi connectivity index (χ1v) is 7.67. The lowest BCUT2D eigenvalue weighted by molar-refractivity contribution is 0.762. The van der Waals surface area contributed by atoms with Gasteiger partial charge in [0.25, 0.3) is 0 Å². The molecule has 0 radical (unpaired) electrons. The molecule has 1 aliphatic heterocycles. The van der Waals surface area contributed by atoms with Gasteiger partial charge in [0.05, 0.1) is 5.71 Å². The van der Waals surface area contributed by atoms with Crippen LogP contribution in [-0.2, 0) is 0 Å². The summed E-state index contributed by atoms with van der Waals surface area (Å²) in [6.45, 7) is 0. The predicted molar refractivity (Wildman–Crippen MR) is 84.6 cm³/mol. The van der Waals surface area contributed by atoms with Crippen molar-refractivity contribution >= 4 is 17.5 Å². The van der Waals surface area contributed by atoms with E-state index in [2.05, 4.69) is 22.3 Å². The van der Waals surface area contributed by atoms with Crippen molar-refractivity contribution < 1.29 is 0 Å². The fourth-order valence-corrected chi connectivity index (χ4v) is 3.11. The third-order valence-electron chi connectivity index (χ3n) is 3.31. The number of aromatic nitrogens is 3. The van der Waals surface area contributed by atoms with Crippen molar-refractivity contribution in [2.24, 2.45) is 5.10 Å². The molecule has 1 aliphatic rings. The molecule has 102 valence electrons. The summed E-state index contributed by atoms with van der Waals surface area (Å²) in [6.07, 6.45) is 0. The Bertz CT molecular complexity index is 794. The molecule has 0 saturated carbocycles. The van der Waals surface area contributed by atoms with Gasteiger partial charge in [0.15, 0.2) is 5.82 Å². The summed E-state index contributed by atoms with van der Waals surface area (Å²) in [5.74, 6) is 1.60. The van der Waals surface area contributed by atoms with Gasteiger partial charge < -0.3 is 0 Å². The largest absolute Gasteiger partial charge is 0.212 e. The molecule has 21 heavy (non-hydrogen) atoms. The van der Waals surface area contributed by atoms with Gasteiger partial charge in [-0.25, -0.2) is 0 Å². The molecule has 3 aromatic rings. The van der Waals surface area contributed by atoms with Gasteiger partial charge in [-0.05, 0) is 5.56 Å². The Labute approximate surface area is 126 Å². The highest BCUT2D eigenvalue weighted by Crippen LogP contribution is 2.28. The number of hydrogen-bond donors (Lipinski definition) is 0. The van der Waals surface area contributed by atoms with Crippen molar-refractivity contribution in [2.75, 3.05) is 5.75 Å². The fraction of sp³-hybridized carbons (Fsp3) is 0.0625. The molecule has 2 heterocycles. The van der Waals surface area contributed by atoms with Gasteiger partial charge in [-0.3, -0.25) is 0 Å². The minimum Gasteiger partial charge on any atom is -0.187 e. The maximum atomic E-state index is 4.74. The highest BCUT2D eigenvalue weighted by molar-refractivity contribution is 7.99. The lowest BCUT2D eigenvalue weighted by atomic mass is 10.1. The Kier molecular flexibility index (Phi) is 3.05. The SMILES string of the molecule is c1ccc(C2=Nn3c(nnc3-c3ccccc3)SC2)cc1. The second-order valence-electron chi connectivity index (χ2n) is 4.69. The van der Waals surface area contributed by atoms with Gasteiger partial charge in [0.1, 0.15) is 0 Å². The molecule has 0 N–H and O–H groups in total. The first-order chi connectivity index (χ1) is 10.4. The van der Waals surface area contributed by atoms with E-state index in [1.807, 2.05) is 53.2 Å². The maximum Gasteiger partial charge on any atom is 0.212 e. The van der Waals surface area contributed by atoms with Gasteiger partial charge in [-0.15, -0.1) is 10.2 Å². The van der Waals surface area contributed by atoms with Crippen LogP contribution in [0.25, 0.3) is 11.4 Å². The van der Waals surface area contributed by atoms with Crippen LogP contribution >= 0.6 is 11.8 Å². The zero-order chi connectivity index (χ0) is 14.1. The smallest absolute Gasteiger partial charge is 0.187 e. The zero-order valence-corrected chi connectivity index (χ0v) is 12.0. The first-order valence-electron chi connectivity index (χ1n) is 6.69. The van der Waals surface area contributed by atoms with Gasteiger partial charge in [-0.1, -0.05) is 72.4 Å².